The summed E-state index contributed by atoms with van der Waals surface area (Å²) < 4.78 is 3.79. The van der Waals surface area contributed by atoms with Crippen molar-refractivity contribution in [2.75, 3.05) is 13.2 Å². The second-order valence-corrected chi connectivity index (χ2v) is 9.50. The van der Waals surface area contributed by atoms with Gasteiger partial charge in [-0.15, -0.1) is 0 Å². The van der Waals surface area contributed by atoms with Crippen LogP contribution in [0.25, 0.3) is 17.0 Å². The molecule has 10 nitrogen and oxygen atoms in total. The lowest BCUT2D eigenvalue weighted by Crippen LogP contribution is -2.49. The normalized spacial score (nSPS) is 19.0. The number of aliphatic hydroxyl groups is 2. The minimum absolute atomic E-state index is 0.116. The molecule has 1 aliphatic heterocycles. The standard InChI is InChI=1S/C25H34N6O4.C2H6/c1-5-31-21(8-9-27-31)20-7-6-18(23-26-10-11-29(20)23)19(14-32)28-24(34)22-12-17(33)13-30(22)25(35)16(4)15(2)3;1-2/h6-11,15-17,19,22,32-33H,5,12-14H2,1-4H3,(H,28,34);1-2H3. The Morgan fingerprint density at radius 2 is 1.86 bits per heavy atom. The molecular formula is C27H40N6O4. The highest BCUT2D eigenvalue weighted by Gasteiger charge is 2.41. The van der Waals surface area contributed by atoms with Crippen LogP contribution >= 0.6 is 0 Å². The topological polar surface area (TPSA) is 125 Å². The molecule has 2 amide bonds. The summed E-state index contributed by atoms with van der Waals surface area (Å²) in [5, 5.41) is 27.7. The van der Waals surface area contributed by atoms with E-state index in [0.29, 0.717) is 17.8 Å². The van der Waals surface area contributed by atoms with E-state index in [1.165, 1.54) is 4.90 Å². The van der Waals surface area contributed by atoms with Crippen LogP contribution in [-0.4, -0.2) is 71.4 Å². The molecule has 0 aliphatic carbocycles. The average molecular weight is 513 g/mol. The van der Waals surface area contributed by atoms with Gasteiger partial charge in [0.25, 0.3) is 0 Å². The van der Waals surface area contributed by atoms with Crippen LogP contribution < -0.4 is 5.32 Å². The van der Waals surface area contributed by atoms with E-state index in [2.05, 4.69) is 15.4 Å². The highest BCUT2D eigenvalue weighted by atomic mass is 16.3. The molecule has 3 aromatic rings. The van der Waals surface area contributed by atoms with Crippen LogP contribution in [0.15, 0.2) is 36.8 Å². The first-order valence-corrected chi connectivity index (χ1v) is 13.1. The number of carbonyl (C=O) groups excluding carboxylic acids is 2. The molecule has 10 heteroatoms. The fraction of sp³-hybridized carbons (Fsp3) is 0.556. The first-order valence-electron chi connectivity index (χ1n) is 13.1. The van der Waals surface area contributed by atoms with Crippen LogP contribution in [0.5, 0.6) is 0 Å². The van der Waals surface area contributed by atoms with Crippen molar-refractivity contribution in [3.05, 3.63) is 42.4 Å². The van der Waals surface area contributed by atoms with Crippen molar-refractivity contribution < 1.29 is 19.8 Å². The van der Waals surface area contributed by atoms with Crippen molar-refractivity contribution in [1.29, 1.82) is 0 Å². The number of fused-ring (bicyclic) bond motifs is 1. The number of hydrogen-bond donors (Lipinski definition) is 3. The number of pyridine rings is 1. The second-order valence-electron chi connectivity index (χ2n) is 9.50. The Hall–Kier alpha value is -3.24. The van der Waals surface area contributed by atoms with Gasteiger partial charge in [0.15, 0.2) is 0 Å². The van der Waals surface area contributed by atoms with Crippen LogP contribution in [0, 0.1) is 11.8 Å². The number of amides is 2. The van der Waals surface area contributed by atoms with E-state index in [0.717, 1.165) is 11.4 Å². The molecule has 0 spiro atoms. The first kappa shape index (κ1) is 28.3. The third-order valence-corrected chi connectivity index (χ3v) is 6.99. The zero-order valence-electron chi connectivity index (χ0n) is 22.6. The quantitative estimate of drug-likeness (QED) is 0.426. The van der Waals surface area contributed by atoms with E-state index in [4.69, 9.17) is 0 Å². The maximum absolute atomic E-state index is 13.3. The van der Waals surface area contributed by atoms with E-state index in [1.807, 2.05) is 75.0 Å². The predicted octanol–water partition coefficient (Wildman–Crippen LogP) is 2.65. The summed E-state index contributed by atoms with van der Waals surface area (Å²) in [6.45, 7) is 12.3. The molecule has 0 bridgehead atoms. The van der Waals surface area contributed by atoms with Gasteiger partial charge in [0.05, 0.1) is 30.1 Å². The fourth-order valence-corrected chi connectivity index (χ4v) is 4.66. The van der Waals surface area contributed by atoms with Gasteiger partial charge in [-0.2, -0.15) is 5.10 Å². The Morgan fingerprint density at radius 1 is 1.14 bits per heavy atom. The Morgan fingerprint density at radius 3 is 2.51 bits per heavy atom. The summed E-state index contributed by atoms with van der Waals surface area (Å²) in [6, 6.07) is 4.18. The van der Waals surface area contributed by atoms with Crippen LogP contribution in [0.2, 0.25) is 0 Å². The molecule has 202 valence electrons. The minimum Gasteiger partial charge on any atom is -0.394 e. The number of likely N-dealkylation sites (tertiary alicyclic amines) is 1. The first-order chi connectivity index (χ1) is 17.8. The van der Waals surface area contributed by atoms with E-state index in [9.17, 15) is 19.8 Å². The molecule has 4 unspecified atom stereocenters. The van der Waals surface area contributed by atoms with Gasteiger partial charge in [0, 0.05) is 49.6 Å². The molecule has 1 saturated heterocycles. The number of aryl methyl sites for hydroxylation is 1. The number of hydrogen-bond acceptors (Lipinski definition) is 6. The molecule has 1 fully saturated rings. The highest BCUT2D eigenvalue weighted by molar-refractivity contribution is 5.89. The Balaban J connectivity index is 0.00000186. The smallest absolute Gasteiger partial charge is 0.243 e. The molecule has 4 rings (SSSR count). The molecule has 1 aliphatic rings. The summed E-state index contributed by atoms with van der Waals surface area (Å²) in [5.41, 5.74) is 3.09. The van der Waals surface area contributed by atoms with Crippen LogP contribution in [0.3, 0.4) is 0 Å². The van der Waals surface area contributed by atoms with Gasteiger partial charge in [0.2, 0.25) is 11.8 Å². The van der Waals surface area contributed by atoms with E-state index < -0.39 is 24.1 Å². The van der Waals surface area contributed by atoms with Crippen LogP contribution in [0.1, 0.15) is 59.6 Å². The molecular weight excluding hydrogens is 472 g/mol. The molecule has 0 saturated carbocycles. The number of aromatic nitrogens is 4. The summed E-state index contributed by atoms with van der Waals surface area (Å²) in [4.78, 5) is 32.2. The summed E-state index contributed by atoms with van der Waals surface area (Å²) in [6.07, 6.45) is 4.66. The summed E-state index contributed by atoms with van der Waals surface area (Å²) in [5.74, 6) is -0.698. The van der Waals surface area contributed by atoms with Crippen LogP contribution in [0.4, 0.5) is 0 Å². The molecule has 0 radical (unpaired) electrons. The predicted molar refractivity (Wildman–Crippen MR) is 142 cm³/mol. The molecule has 37 heavy (non-hydrogen) atoms. The largest absolute Gasteiger partial charge is 0.394 e. The Kier molecular flexibility index (Phi) is 9.45. The number of carbonyl (C=O) groups is 2. The minimum atomic E-state index is -0.790. The average Bonchev–Trinajstić information content (AvgIpc) is 3.66. The Bertz CT molecular complexity index is 1200. The van der Waals surface area contributed by atoms with Crippen molar-refractivity contribution >= 4 is 17.5 Å². The number of rotatable bonds is 8. The molecule has 0 aromatic carbocycles. The van der Waals surface area contributed by atoms with Crippen LogP contribution in [-0.2, 0) is 16.1 Å². The van der Waals surface area contributed by atoms with Crippen molar-refractivity contribution in [1.82, 2.24) is 29.4 Å². The number of imidazole rings is 1. The number of β-amino-alcohol motifs (C(OH)–C–C–N with tert-alkyl or cyclic N) is 1. The van der Waals surface area contributed by atoms with Gasteiger partial charge < -0.3 is 20.4 Å². The van der Waals surface area contributed by atoms with Crippen molar-refractivity contribution in [2.24, 2.45) is 11.8 Å². The van der Waals surface area contributed by atoms with E-state index in [1.54, 1.807) is 12.4 Å². The van der Waals surface area contributed by atoms with Gasteiger partial charge in [0.1, 0.15) is 11.7 Å². The van der Waals surface area contributed by atoms with E-state index in [-0.39, 0.29) is 37.3 Å². The maximum Gasteiger partial charge on any atom is 0.243 e. The van der Waals surface area contributed by atoms with Crippen molar-refractivity contribution in [3.63, 3.8) is 0 Å². The monoisotopic (exact) mass is 512 g/mol. The van der Waals surface area contributed by atoms with E-state index >= 15 is 0 Å². The molecule has 3 N–H and O–H groups in total. The third kappa shape index (κ3) is 5.70. The zero-order valence-corrected chi connectivity index (χ0v) is 22.6. The van der Waals surface area contributed by atoms with Gasteiger partial charge in [-0.05, 0) is 25.0 Å². The van der Waals surface area contributed by atoms with Gasteiger partial charge >= 0.3 is 0 Å². The number of nitrogens with zero attached hydrogens (tertiary/aromatic N) is 5. The van der Waals surface area contributed by atoms with Crippen molar-refractivity contribution in [2.45, 2.75) is 72.7 Å². The lowest BCUT2D eigenvalue weighted by molar-refractivity contribution is -0.142. The Labute approximate surface area is 218 Å². The lowest BCUT2D eigenvalue weighted by atomic mass is 9.96. The summed E-state index contributed by atoms with van der Waals surface area (Å²) in [7, 11) is 0. The number of aliphatic hydroxyl groups excluding tert-OH is 2. The fourth-order valence-electron chi connectivity index (χ4n) is 4.66. The van der Waals surface area contributed by atoms with Crippen molar-refractivity contribution in [3.8, 4) is 11.4 Å². The molecule has 4 atom stereocenters. The highest BCUT2D eigenvalue weighted by Crippen LogP contribution is 2.28. The second kappa shape index (κ2) is 12.3. The lowest BCUT2D eigenvalue weighted by Gasteiger charge is -2.29. The molecule has 3 aromatic heterocycles. The zero-order chi connectivity index (χ0) is 27.3. The summed E-state index contributed by atoms with van der Waals surface area (Å²) >= 11 is 0. The maximum atomic E-state index is 13.3. The number of nitrogens with one attached hydrogen (secondary N) is 1. The third-order valence-electron chi connectivity index (χ3n) is 6.99. The van der Waals surface area contributed by atoms with Gasteiger partial charge in [-0.1, -0.05) is 40.7 Å². The molecule has 4 heterocycles. The van der Waals surface area contributed by atoms with Gasteiger partial charge in [-0.25, -0.2) is 4.98 Å². The van der Waals surface area contributed by atoms with Gasteiger partial charge in [-0.3, -0.25) is 18.7 Å². The SMILES string of the molecule is CC.CCn1nccc1-c1ccc(C(CO)NC(=O)C2CC(O)CN2C(=O)C(C)C(C)C)c2nccn12.